The van der Waals surface area contributed by atoms with Gasteiger partial charge in [0, 0.05) is 14.2 Å². The van der Waals surface area contributed by atoms with Gasteiger partial charge in [0.05, 0.1) is 6.10 Å². The van der Waals surface area contributed by atoms with Crippen LogP contribution < -0.4 is 0 Å². The van der Waals surface area contributed by atoms with Gasteiger partial charge in [-0.15, -0.1) is 11.8 Å². The molecule has 0 aliphatic rings. The Morgan fingerprint density at radius 2 is 1.89 bits per heavy atom. The van der Waals surface area contributed by atoms with Crippen molar-refractivity contribution in [1.29, 1.82) is 0 Å². The van der Waals surface area contributed by atoms with Gasteiger partial charge in [-0.1, -0.05) is 18.2 Å². The lowest BCUT2D eigenvalue weighted by Crippen LogP contribution is -2.13. The Labute approximate surface area is 130 Å². The number of hydrogen-bond acceptors (Lipinski definition) is 2. The molecule has 0 heterocycles. The Bertz CT molecular complexity index is 530. The number of benzene rings is 2. The fourth-order valence-electron chi connectivity index (χ4n) is 1.70. The summed E-state index contributed by atoms with van der Waals surface area (Å²) in [6, 6.07) is 14.6. The normalized spacial score (nSPS) is 12.4. The summed E-state index contributed by atoms with van der Waals surface area (Å²) in [5, 5.41) is 9.99. The zero-order valence-corrected chi connectivity index (χ0v) is 13.2. The fourth-order valence-corrected chi connectivity index (χ4v) is 2.93. The maximum Gasteiger partial charge on any atom is 0.124 e. The quantitative estimate of drug-likeness (QED) is 0.614. The lowest BCUT2D eigenvalue weighted by Gasteiger charge is -2.10. The summed E-state index contributed by atoms with van der Waals surface area (Å²) in [5.74, 6) is 0.326. The molecule has 19 heavy (non-hydrogen) atoms. The van der Waals surface area contributed by atoms with Gasteiger partial charge in [-0.25, -0.2) is 4.39 Å². The maximum atomic E-state index is 13.0. The highest BCUT2D eigenvalue weighted by Gasteiger charge is 2.07. The number of hydrogen-bond donors (Lipinski definition) is 1. The van der Waals surface area contributed by atoms with Gasteiger partial charge >= 0.3 is 0 Å². The fraction of sp³-hybridized carbons (Fsp3) is 0.200. The van der Waals surface area contributed by atoms with E-state index in [1.165, 1.54) is 27.5 Å². The summed E-state index contributed by atoms with van der Waals surface area (Å²) < 4.78 is 14.2. The minimum atomic E-state index is -0.423. The molecule has 0 radical (unpaired) electrons. The van der Waals surface area contributed by atoms with E-state index in [0.29, 0.717) is 12.2 Å². The van der Waals surface area contributed by atoms with Crippen LogP contribution in [-0.4, -0.2) is 17.0 Å². The van der Waals surface area contributed by atoms with Crippen molar-refractivity contribution in [3.63, 3.8) is 0 Å². The summed E-state index contributed by atoms with van der Waals surface area (Å²) in [5.41, 5.74) is 1.12. The summed E-state index contributed by atoms with van der Waals surface area (Å²) in [4.78, 5) is 0.849. The highest BCUT2D eigenvalue weighted by Crippen LogP contribution is 2.20. The Kier molecular flexibility index (Phi) is 5.66. The first-order chi connectivity index (χ1) is 9.13. The molecule has 2 aromatic rings. The van der Waals surface area contributed by atoms with Crippen LogP contribution in [0.15, 0.2) is 53.4 Å². The van der Waals surface area contributed by atoms with Crippen LogP contribution in [0.1, 0.15) is 5.56 Å². The van der Waals surface area contributed by atoms with Crippen LogP contribution in [-0.2, 0) is 6.42 Å². The second kappa shape index (κ2) is 7.26. The molecule has 0 saturated heterocycles. The molecule has 0 aliphatic heterocycles. The third-order valence-electron chi connectivity index (χ3n) is 2.62. The molecule has 0 saturated carbocycles. The van der Waals surface area contributed by atoms with Crippen LogP contribution >= 0.6 is 34.4 Å². The lowest BCUT2D eigenvalue weighted by atomic mass is 10.1. The van der Waals surface area contributed by atoms with E-state index in [9.17, 15) is 9.50 Å². The molecule has 100 valence electrons. The number of aliphatic hydroxyl groups excluding tert-OH is 1. The van der Waals surface area contributed by atoms with E-state index in [0.717, 1.165) is 10.5 Å². The Balaban J connectivity index is 1.84. The molecule has 0 fully saturated rings. The van der Waals surface area contributed by atoms with Crippen molar-refractivity contribution in [2.45, 2.75) is 17.4 Å². The van der Waals surface area contributed by atoms with Crippen molar-refractivity contribution in [1.82, 2.24) is 0 Å². The third-order valence-corrected chi connectivity index (χ3v) is 4.48. The molecular formula is C15H14FIOS. The zero-order valence-electron chi connectivity index (χ0n) is 10.2. The lowest BCUT2D eigenvalue weighted by molar-refractivity contribution is 0.200. The van der Waals surface area contributed by atoms with Gasteiger partial charge in [0.25, 0.3) is 0 Å². The molecule has 0 bridgehead atoms. The topological polar surface area (TPSA) is 20.2 Å². The Morgan fingerprint density at radius 1 is 1.16 bits per heavy atom. The van der Waals surface area contributed by atoms with Crippen LogP contribution in [0.3, 0.4) is 0 Å². The summed E-state index contributed by atoms with van der Waals surface area (Å²) in [7, 11) is 0. The van der Waals surface area contributed by atoms with E-state index in [2.05, 4.69) is 22.6 Å². The molecule has 1 atom stereocenters. The van der Waals surface area contributed by atoms with E-state index in [1.54, 1.807) is 6.07 Å². The van der Waals surface area contributed by atoms with E-state index in [-0.39, 0.29) is 5.82 Å². The molecule has 2 aromatic carbocycles. The van der Waals surface area contributed by atoms with Gasteiger partial charge in [-0.05, 0) is 64.9 Å². The first kappa shape index (κ1) is 14.8. The number of rotatable bonds is 5. The van der Waals surface area contributed by atoms with Crippen LogP contribution in [0.5, 0.6) is 0 Å². The molecule has 0 aliphatic carbocycles. The van der Waals surface area contributed by atoms with Gasteiger partial charge in [0.15, 0.2) is 0 Å². The zero-order chi connectivity index (χ0) is 13.7. The van der Waals surface area contributed by atoms with Gasteiger partial charge < -0.3 is 5.11 Å². The number of halogens is 2. The number of aliphatic hydroxyl groups is 1. The average molecular weight is 388 g/mol. The Hall–Kier alpha value is -0.590. The van der Waals surface area contributed by atoms with Gasteiger partial charge in [-0.3, -0.25) is 0 Å². The molecule has 0 spiro atoms. The van der Waals surface area contributed by atoms with Gasteiger partial charge in [-0.2, -0.15) is 0 Å². The predicted octanol–water partition coefficient (Wildman–Crippen LogP) is 4.13. The van der Waals surface area contributed by atoms with Crippen LogP contribution in [0.4, 0.5) is 4.39 Å². The van der Waals surface area contributed by atoms with Crippen LogP contribution in [0, 0.1) is 9.39 Å². The van der Waals surface area contributed by atoms with E-state index >= 15 is 0 Å². The highest BCUT2D eigenvalue weighted by molar-refractivity contribution is 14.1. The first-order valence-electron chi connectivity index (χ1n) is 5.94. The van der Waals surface area contributed by atoms with Crippen LogP contribution in [0.25, 0.3) is 0 Å². The van der Waals surface area contributed by atoms with E-state index in [4.69, 9.17) is 0 Å². The molecule has 4 heteroatoms. The second-order valence-electron chi connectivity index (χ2n) is 4.25. The summed E-state index contributed by atoms with van der Waals surface area (Å²) >= 11 is 3.73. The molecule has 0 amide bonds. The SMILES string of the molecule is OC(CSc1cccc(F)c1)Cc1ccc(I)cc1. The molecule has 1 unspecified atom stereocenters. The smallest absolute Gasteiger partial charge is 0.124 e. The second-order valence-corrected chi connectivity index (χ2v) is 6.59. The molecule has 1 N–H and O–H groups in total. The van der Waals surface area contributed by atoms with Crippen molar-refractivity contribution < 1.29 is 9.50 Å². The molecule has 1 nitrogen and oxygen atoms in total. The monoisotopic (exact) mass is 388 g/mol. The maximum absolute atomic E-state index is 13.0. The van der Waals surface area contributed by atoms with Crippen molar-refractivity contribution >= 4 is 34.4 Å². The predicted molar refractivity (Wildman–Crippen MR) is 86.0 cm³/mol. The first-order valence-corrected chi connectivity index (χ1v) is 8.01. The van der Waals surface area contributed by atoms with Crippen molar-refractivity contribution in [2.24, 2.45) is 0 Å². The molecular weight excluding hydrogens is 374 g/mol. The minimum Gasteiger partial charge on any atom is -0.392 e. The van der Waals surface area contributed by atoms with E-state index < -0.39 is 6.10 Å². The molecule has 2 rings (SSSR count). The van der Waals surface area contributed by atoms with Gasteiger partial charge in [0.2, 0.25) is 0 Å². The summed E-state index contributed by atoms with van der Waals surface area (Å²) in [6.45, 7) is 0. The minimum absolute atomic E-state index is 0.239. The largest absolute Gasteiger partial charge is 0.392 e. The number of thioether (sulfide) groups is 1. The summed E-state index contributed by atoms with van der Waals surface area (Å²) in [6.07, 6.45) is 0.201. The van der Waals surface area contributed by atoms with Crippen molar-refractivity contribution in [2.75, 3.05) is 5.75 Å². The highest BCUT2D eigenvalue weighted by atomic mass is 127. The van der Waals surface area contributed by atoms with Gasteiger partial charge in [0.1, 0.15) is 5.82 Å². The van der Waals surface area contributed by atoms with E-state index in [1.807, 2.05) is 30.3 Å². The van der Waals surface area contributed by atoms with Crippen molar-refractivity contribution in [3.8, 4) is 0 Å². The average Bonchev–Trinajstić information content (AvgIpc) is 2.39. The third kappa shape index (κ3) is 5.12. The van der Waals surface area contributed by atoms with Crippen molar-refractivity contribution in [3.05, 3.63) is 63.5 Å². The Morgan fingerprint density at radius 3 is 2.58 bits per heavy atom. The van der Waals surface area contributed by atoms with Crippen LogP contribution in [0.2, 0.25) is 0 Å². The molecule has 0 aromatic heterocycles. The standard InChI is InChI=1S/C15H14FIOS/c16-12-2-1-3-15(9-12)19-10-14(18)8-11-4-6-13(17)7-5-11/h1-7,9,14,18H,8,10H2.